The lowest BCUT2D eigenvalue weighted by atomic mass is 10.0. The highest BCUT2D eigenvalue weighted by atomic mass is 16.5. The summed E-state index contributed by atoms with van der Waals surface area (Å²) in [4.78, 5) is 0. The molecule has 1 N–H and O–H groups in total. The summed E-state index contributed by atoms with van der Waals surface area (Å²) < 4.78 is 7.75. The van der Waals surface area contributed by atoms with Crippen LogP contribution in [0, 0.1) is 0 Å². The number of ether oxygens (including phenoxy) is 1. The summed E-state index contributed by atoms with van der Waals surface area (Å²) in [5, 5.41) is 8.50. The molecule has 0 bridgehead atoms. The Morgan fingerprint density at radius 3 is 2.73 bits per heavy atom. The van der Waals surface area contributed by atoms with E-state index in [1.54, 1.807) is 7.11 Å². The summed E-state index contributed by atoms with van der Waals surface area (Å²) in [7, 11) is 1.73. The fourth-order valence-corrected chi connectivity index (χ4v) is 3.73. The molecule has 134 valence electrons. The van der Waals surface area contributed by atoms with Gasteiger partial charge in [0.25, 0.3) is 0 Å². The summed E-state index contributed by atoms with van der Waals surface area (Å²) in [6.45, 7) is 2.86. The van der Waals surface area contributed by atoms with E-state index in [0.717, 1.165) is 44.6 Å². The molecule has 26 heavy (non-hydrogen) atoms. The maximum atomic E-state index is 5.52. The van der Waals surface area contributed by atoms with Gasteiger partial charge in [-0.25, -0.2) is 0 Å². The number of nitrogens with zero attached hydrogens (tertiary/aromatic N) is 2. The molecule has 2 aromatic carbocycles. The first kappa shape index (κ1) is 16.9. The minimum absolute atomic E-state index is 0.812. The van der Waals surface area contributed by atoms with Crippen molar-refractivity contribution in [3.8, 4) is 5.75 Å². The van der Waals surface area contributed by atoms with Crippen LogP contribution in [0.2, 0.25) is 0 Å². The Balaban J connectivity index is 1.60. The summed E-state index contributed by atoms with van der Waals surface area (Å²) in [5.41, 5.74) is 6.48. The molecule has 4 nitrogen and oxygen atoms in total. The predicted molar refractivity (Wildman–Crippen MR) is 104 cm³/mol. The molecular formula is C22H25N3O. The van der Waals surface area contributed by atoms with E-state index < -0.39 is 0 Å². The Labute approximate surface area is 154 Å². The molecule has 0 atom stereocenters. The van der Waals surface area contributed by atoms with Crippen molar-refractivity contribution in [2.45, 2.75) is 32.4 Å². The van der Waals surface area contributed by atoms with Crippen LogP contribution in [-0.4, -0.2) is 23.4 Å². The smallest absolute Gasteiger partial charge is 0.122 e. The fourth-order valence-electron chi connectivity index (χ4n) is 3.73. The molecule has 1 aliphatic heterocycles. The van der Waals surface area contributed by atoms with E-state index in [9.17, 15) is 0 Å². The molecule has 0 saturated carbocycles. The lowest BCUT2D eigenvalue weighted by molar-refractivity contribution is 0.410. The first-order valence-electron chi connectivity index (χ1n) is 9.29. The van der Waals surface area contributed by atoms with Crippen LogP contribution < -0.4 is 10.1 Å². The standard InChI is InChI=1S/C22H25N3O/c1-26-22-10-6-5-9-18(22)15-20-19-16-23-13-11-21(19)25(24-20)14-12-17-7-3-2-4-8-17/h2-10,23H,11-16H2,1H3. The van der Waals surface area contributed by atoms with Gasteiger partial charge in [-0.3, -0.25) is 4.68 Å². The number of benzene rings is 2. The summed E-state index contributed by atoms with van der Waals surface area (Å²) >= 11 is 0. The number of methoxy groups -OCH3 is 1. The van der Waals surface area contributed by atoms with Crippen molar-refractivity contribution in [2.75, 3.05) is 13.7 Å². The molecule has 0 unspecified atom stereocenters. The Morgan fingerprint density at radius 1 is 1.08 bits per heavy atom. The van der Waals surface area contributed by atoms with Crippen LogP contribution in [-0.2, 0) is 32.4 Å². The van der Waals surface area contributed by atoms with E-state index in [1.165, 1.54) is 28.1 Å². The van der Waals surface area contributed by atoms with E-state index in [4.69, 9.17) is 9.84 Å². The first-order chi connectivity index (χ1) is 12.8. The van der Waals surface area contributed by atoms with Gasteiger partial charge in [-0.1, -0.05) is 48.5 Å². The third-order valence-corrected chi connectivity index (χ3v) is 5.10. The summed E-state index contributed by atoms with van der Waals surface area (Å²) in [5.74, 6) is 0.934. The van der Waals surface area contributed by atoms with Gasteiger partial charge < -0.3 is 10.1 Å². The Kier molecular flexibility index (Phi) is 5.02. The largest absolute Gasteiger partial charge is 0.496 e. The lowest BCUT2D eigenvalue weighted by Gasteiger charge is -2.16. The first-order valence-corrected chi connectivity index (χ1v) is 9.29. The highest BCUT2D eigenvalue weighted by molar-refractivity contribution is 5.39. The van der Waals surface area contributed by atoms with Crippen molar-refractivity contribution in [1.29, 1.82) is 0 Å². The van der Waals surface area contributed by atoms with Crippen LogP contribution >= 0.6 is 0 Å². The number of para-hydroxylation sites is 1. The van der Waals surface area contributed by atoms with Crippen LogP contribution in [0.3, 0.4) is 0 Å². The highest BCUT2D eigenvalue weighted by Gasteiger charge is 2.21. The van der Waals surface area contributed by atoms with E-state index >= 15 is 0 Å². The van der Waals surface area contributed by atoms with E-state index in [-0.39, 0.29) is 0 Å². The second-order valence-corrected chi connectivity index (χ2v) is 6.75. The van der Waals surface area contributed by atoms with Crippen LogP contribution in [0.4, 0.5) is 0 Å². The van der Waals surface area contributed by atoms with Crippen molar-refractivity contribution in [3.05, 3.63) is 82.7 Å². The SMILES string of the molecule is COc1ccccc1Cc1nn(CCc2ccccc2)c2c1CNCC2. The minimum atomic E-state index is 0.812. The summed E-state index contributed by atoms with van der Waals surface area (Å²) in [6, 6.07) is 18.9. The molecular weight excluding hydrogens is 322 g/mol. The number of nitrogens with one attached hydrogen (secondary N) is 1. The van der Waals surface area contributed by atoms with Crippen molar-refractivity contribution in [2.24, 2.45) is 0 Å². The van der Waals surface area contributed by atoms with Crippen LogP contribution in [0.1, 0.15) is 28.1 Å². The van der Waals surface area contributed by atoms with Gasteiger partial charge in [0.15, 0.2) is 0 Å². The molecule has 0 radical (unpaired) electrons. The van der Waals surface area contributed by atoms with Gasteiger partial charge in [0, 0.05) is 49.3 Å². The Morgan fingerprint density at radius 2 is 1.88 bits per heavy atom. The molecule has 3 aromatic rings. The van der Waals surface area contributed by atoms with Gasteiger partial charge in [0.05, 0.1) is 12.8 Å². The van der Waals surface area contributed by atoms with E-state index in [1.807, 2.05) is 12.1 Å². The maximum absolute atomic E-state index is 5.52. The molecule has 0 saturated heterocycles. The van der Waals surface area contributed by atoms with Gasteiger partial charge >= 0.3 is 0 Å². The van der Waals surface area contributed by atoms with E-state index in [2.05, 4.69) is 52.5 Å². The van der Waals surface area contributed by atoms with Crippen molar-refractivity contribution < 1.29 is 4.74 Å². The van der Waals surface area contributed by atoms with Gasteiger partial charge in [0.1, 0.15) is 5.75 Å². The molecule has 4 rings (SSSR count). The molecule has 0 spiro atoms. The Hall–Kier alpha value is -2.59. The van der Waals surface area contributed by atoms with Crippen LogP contribution in [0.15, 0.2) is 54.6 Å². The maximum Gasteiger partial charge on any atom is 0.122 e. The average Bonchev–Trinajstić information content (AvgIpc) is 3.05. The number of hydrogen-bond acceptors (Lipinski definition) is 3. The van der Waals surface area contributed by atoms with Crippen molar-refractivity contribution in [1.82, 2.24) is 15.1 Å². The van der Waals surface area contributed by atoms with Crippen LogP contribution in [0.25, 0.3) is 0 Å². The number of aromatic nitrogens is 2. The number of fused-ring (bicyclic) bond motifs is 1. The van der Waals surface area contributed by atoms with Crippen molar-refractivity contribution in [3.63, 3.8) is 0 Å². The number of aryl methyl sites for hydroxylation is 2. The Bertz CT molecular complexity index is 870. The zero-order valence-corrected chi connectivity index (χ0v) is 15.2. The summed E-state index contributed by atoms with van der Waals surface area (Å²) in [6.07, 6.45) is 2.87. The zero-order valence-electron chi connectivity index (χ0n) is 15.2. The van der Waals surface area contributed by atoms with E-state index in [0.29, 0.717) is 0 Å². The monoisotopic (exact) mass is 347 g/mol. The molecule has 0 amide bonds. The zero-order chi connectivity index (χ0) is 17.8. The van der Waals surface area contributed by atoms with Crippen molar-refractivity contribution >= 4 is 0 Å². The lowest BCUT2D eigenvalue weighted by Crippen LogP contribution is -2.25. The van der Waals surface area contributed by atoms with Gasteiger partial charge in [-0.15, -0.1) is 0 Å². The minimum Gasteiger partial charge on any atom is -0.496 e. The predicted octanol–water partition coefficient (Wildman–Crippen LogP) is 3.37. The fraction of sp³-hybridized carbons (Fsp3) is 0.318. The molecule has 1 aliphatic rings. The molecule has 0 aliphatic carbocycles. The second kappa shape index (κ2) is 7.75. The molecule has 2 heterocycles. The second-order valence-electron chi connectivity index (χ2n) is 6.75. The third-order valence-electron chi connectivity index (χ3n) is 5.10. The molecule has 1 aromatic heterocycles. The average molecular weight is 347 g/mol. The normalized spacial score (nSPS) is 13.4. The van der Waals surface area contributed by atoms with Gasteiger partial charge in [0.2, 0.25) is 0 Å². The molecule has 0 fully saturated rings. The molecule has 4 heteroatoms. The topological polar surface area (TPSA) is 39.1 Å². The third kappa shape index (κ3) is 3.51. The van der Waals surface area contributed by atoms with Gasteiger partial charge in [-0.2, -0.15) is 5.10 Å². The quantitative estimate of drug-likeness (QED) is 0.743. The van der Waals surface area contributed by atoms with Crippen LogP contribution in [0.5, 0.6) is 5.75 Å². The highest BCUT2D eigenvalue weighted by Crippen LogP contribution is 2.25. The van der Waals surface area contributed by atoms with Gasteiger partial charge in [-0.05, 0) is 18.1 Å². The number of rotatable bonds is 6. The number of hydrogen-bond donors (Lipinski definition) is 1.